The Kier molecular flexibility index (Phi) is 2.86. The molecule has 2 aromatic heterocycles. The summed E-state index contributed by atoms with van der Waals surface area (Å²) in [5.74, 6) is -0.0697. The minimum absolute atomic E-state index is 0.0697. The van der Waals surface area contributed by atoms with Gasteiger partial charge in [-0.3, -0.25) is 9.78 Å². The first kappa shape index (κ1) is 11.4. The molecule has 0 saturated heterocycles. The molecule has 0 aliphatic rings. The molecule has 4 heteroatoms. The van der Waals surface area contributed by atoms with Crippen LogP contribution >= 0.6 is 22.9 Å². The van der Waals surface area contributed by atoms with Gasteiger partial charge in [-0.25, -0.2) is 0 Å². The van der Waals surface area contributed by atoms with Crippen LogP contribution in [0.3, 0.4) is 0 Å². The Balaban J connectivity index is 2.12. The van der Waals surface area contributed by atoms with E-state index in [1.807, 2.05) is 29.6 Å². The van der Waals surface area contributed by atoms with Crippen molar-refractivity contribution < 1.29 is 4.79 Å². The van der Waals surface area contributed by atoms with E-state index >= 15 is 0 Å². The van der Waals surface area contributed by atoms with Crippen molar-refractivity contribution in [1.82, 2.24) is 4.98 Å². The normalized spacial score (nSPS) is 10.7. The zero-order valence-corrected chi connectivity index (χ0v) is 10.8. The maximum absolute atomic E-state index is 12.4. The number of aromatic nitrogens is 1. The fourth-order valence-corrected chi connectivity index (χ4v) is 2.84. The van der Waals surface area contributed by atoms with Crippen molar-refractivity contribution in [1.29, 1.82) is 0 Å². The van der Waals surface area contributed by atoms with Gasteiger partial charge in [0.15, 0.2) is 0 Å². The Labute approximate surface area is 113 Å². The summed E-state index contributed by atoms with van der Waals surface area (Å²) in [5.41, 5.74) is 1.11. The van der Waals surface area contributed by atoms with E-state index in [9.17, 15) is 4.79 Å². The van der Waals surface area contributed by atoms with Gasteiger partial charge in [-0.2, -0.15) is 0 Å². The number of carbonyl (C=O) groups excluding carboxylic acids is 1. The van der Waals surface area contributed by atoms with Crippen molar-refractivity contribution in [3.8, 4) is 0 Å². The smallest absolute Gasteiger partial charge is 0.212 e. The number of hydrogen-bond acceptors (Lipinski definition) is 3. The van der Waals surface area contributed by atoms with Gasteiger partial charge in [-0.05, 0) is 35.0 Å². The maximum Gasteiger partial charge on any atom is 0.212 e. The van der Waals surface area contributed by atoms with Crippen LogP contribution in [0.1, 0.15) is 16.1 Å². The summed E-state index contributed by atoms with van der Waals surface area (Å²) in [6, 6.07) is 11.0. The highest BCUT2D eigenvalue weighted by molar-refractivity contribution is 7.17. The highest BCUT2D eigenvalue weighted by Gasteiger charge is 2.14. The van der Waals surface area contributed by atoms with Crippen molar-refractivity contribution in [2.45, 2.75) is 0 Å². The fourth-order valence-electron chi connectivity index (χ4n) is 1.82. The van der Waals surface area contributed by atoms with E-state index in [0.717, 1.165) is 10.1 Å². The highest BCUT2D eigenvalue weighted by atomic mass is 35.5. The average molecular weight is 274 g/mol. The Morgan fingerprint density at radius 2 is 2.06 bits per heavy atom. The van der Waals surface area contributed by atoms with Gasteiger partial charge >= 0.3 is 0 Å². The van der Waals surface area contributed by atoms with Crippen LogP contribution in [0.25, 0.3) is 10.1 Å². The second-order valence-electron chi connectivity index (χ2n) is 3.84. The van der Waals surface area contributed by atoms with Crippen molar-refractivity contribution >= 4 is 38.8 Å². The van der Waals surface area contributed by atoms with E-state index in [2.05, 4.69) is 4.98 Å². The van der Waals surface area contributed by atoms with E-state index in [1.54, 1.807) is 23.5 Å². The van der Waals surface area contributed by atoms with E-state index in [1.165, 1.54) is 6.20 Å². The van der Waals surface area contributed by atoms with Crippen LogP contribution in [0.2, 0.25) is 5.02 Å². The number of nitrogens with zero attached hydrogens (tertiary/aromatic N) is 1. The topological polar surface area (TPSA) is 30.0 Å². The molecule has 3 rings (SSSR count). The molecule has 2 heterocycles. The van der Waals surface area contributed by atoms with Gasteiger partial charge in [0.05, 0.1) is 5.02 Å². The molecular formula is C14H8ClNOS. The third-order valence-electron chi connectivity index (χ3n) is 2.68. The lowest BCUT2D eigenvalue weighted by Crippen LogP contribution is -2.03. The van der Waals surface area contributed by atoms with Gasteiger partial charge in [0.2, 0.25) is 5.78 Å². The molecule has 1 aromatic carbocycles. The number of ketones is 1. The van der Waals surface area contributed by atoms with Gasteiger partial charge in [-0.15, -0.1) is 11.3 Å². The molecule has 0 fully saturated rings. The lowest BCUT2D eigenvalue weighted by atomic mass is 10.1. The largest absolute Gasteiger partial charge is 0.287 e. The Morgan fingerprint density at radius 3 is 2.83 bits per heavy atom. The van der Waals surface area contributed by atoms with E-state index in [4.69, 9.17) is 11.6 Å². The third kappa shape index (κ3) is 1.92. The van der Waals surface area contributed by atoms with Crippen LogP contribution in [0, 0.1) is 0 Å². The number of hydrogen-bond donors (Lipinski definition) is 0. The van der Waals surface area contributed by atoms with E-state index < -0.39 is 0 Å². The molecule has 0 N–H and O–H groups in total. The number of benzene rings is 1. The van der Waals surface area contributed by atoms with Crippen molar-refractivity contribution in [3.05, 3.63) is 64.3 Å². The third-order valence-corrected chi connectivity index (χ3v) is 3.87. The van der Waals surface area contributed by atoms with Gasteiger partial charge in [0, 0.05) is 16.5 Å². The van der Waals surface area contributed by atoms with Crippen LogP contribution in [-0.2, 0) is 0 Å². The average Bonchev–Trinajstić information content (AvgIpc) is 2.87. The predicted molar refractivity (Wildman–Crippen MR) is 74.5 cm³/mol. The molecule has 0 radical (unpaired) electrons. The van der Waals surface area contributed by atoms with Gasteiger partial charge in [-0.1, -0.05) is 23.7 Å². The van der Waals surface area contributed by atoms with E-state index in [0.29, 0.717) is 16.3 Å². The van der Waals surface area contributed by atoms with Gasteiger partial charge in [0.1, 0.15) is 5.69 Å². The fraction of sp³-hybridized carbons (Fsp3) is 0. The first-order chi connectivity index (χ1) is 8.75. The number of carbonyl (C=O) groups is 1. The second kappa shape index (κ2) is 4.52. The monoisotopic (exact) mass is 273 g/mol. The van der Waals surface area contributed by atoms with Crippen LogP contribution < -0.4 is 0 Å². The first-order valence-corrected chi connectivity index (χ1v) is 6.64. The van der Waals surface area contributed by atoms with Crippen LogP contribution in [0.5, 0.6) is 0 Å². The number of thiophene rings is 1. The quantitative estimate of drug-likeness (QED) is 0.656. The van der Waals surface area contributed by atoms with Crippen LogP contribution in [0.4, 0.5) is 0 Å². The molecule has 0 bridgehead atoms. The summed E-state index contributed by atoms with van der Waals surface area (Å²) < 4.78 is 0.999. The molecule has 0 atom stereocenters. The van der Waals surface area contributed by atoms with E-state index in [-0.39, 0.29) is 5.78 Å². The van der Waals surface area contributed by atoms with Crippen LogP contribution in [-0.4, -0.2) is 10.8 Å². The predicted octanol–water partition coefficient (Wildman–Crippen LogP) is 4.18. The lowest BCUT2D eigenvalue weighted by molar-refractivity contribution is 0.103. The maximum atomic E-state index is 12.4. The summed E-state index contributed by atoms with van der Waals surface area (Å²) in [4.78, 5) is 16.4. The number of pyridine rings is 1. The zero-order valence-electron chi connectivity index (χ0n) is 9.26. The second-order valence-corrected chi connectivity index (χ2v) is 5.19. The van der Waals surface area contributed by atoms with Crippen LogP contribution in [0.15, 0.2) is 48.0 Å². The highest BCUT2D eigenvalue weighted by Crippen LogP contribution is 2.26. The number of halogens is 1. The van der Waals surface area contributed by atoms with Crippen molar-refractivity contribution in [3.63, 3.8) is 0 Å². The van der Waals surface area contributed by atoms with Gasteiger partial charge < -0.3 is 0 Å². The first-order valence-electron chi connectivity index (χ1n) is 5.38. The molecule has 0 unspecified atom stereocenters. The molecule has 0 aliphatic carbocycles. The minimum atomic E-state index is -0.0697. The summed E-state index contributed by atoms with van der Waals surface area (Å²) in [5, 5.41) is 3.59. The van der Waals surface area contributed by atoms with Crippen molar-refractivity contribution in [2.75, 3.05) is 0 Å². The number of rotatable bonds is 2. The minimum Gasteiger partial charge on any atom is -0.287 e. The molecule has 0 spiro atoms. The summed E-state index contributed by atoms with van der Waals surface area (Å²) >= 11 is 7.33. The van der Waals surface area contributed by atoms with Gasteiger partial charge in [0.25, 0.3) is 0 Å². The molecular weight excluding hydrogens is 266 g/mol. The Hall–Kier alpha value is -1.71. The summed E-state index contributed by atoms with van der Waals surface area (Å²) in [6.07, 6.45) is 1.49. The summed E-state index contributed by atoms with van der Waals surface area (Å²) in [6.45, 7) is 0. The molecule has 0 amide bonds. The molecule has 2 nitrogen and oxygen atoms in total. The summed E-state index contributed by atoms with van der Waals surface area (Å²) in [7, 11) is 0. The number of fused-ring (bicyclic) bond motifs is 1. The molecule has 88 valence electrons. The zero-order chi connectivity index (χ0) is 12.5. The Bertz CT molecular complexity index is 718. The molecule has 0 aliphatic heterocycles. The van der Waals surface area contributed by atoms with Crippen molar-refractivity contribution in [2.24, 2.45) is 0 Å². The molecule has 3 aromatic rings. The lowest BCUT2D eigenvalue weighted by Gasteiger charge is -2.02. The SMILES string of the molecule is O=C(c1ccc(Cl)cn1)c1cccc2ccsc12. The molecule has 0 saturated carbocycles. The Morgan fingerprint density at radius 1 is 1.17 bits per heavy atom. The standard InChI is InChI=1S/C14H8ClNOS/c15-10-4-5-12(16-8-10)13(17)11-3-1-2-9-6-7-18-14(9)11/h1-8H. The molecule has 18 heavy (non-hydrogen) atoms.